The van der Waals surface area contributed by atoms with Gasteiger partial charge in [0, 0.05) is 35.2 Å². The molecule has 0 aliphatic carbocycles. The summed E-state index contributed by atoms with van der Waals surface area (Å²) in [4.78, 5) is 27.7. The van der Waals surface area contributed by atoms with E-state index in [1.165, 1.54) is 0 Å². The normalized spacial score (nSPS) is 27.2. The second-order valence-corrected chi connectivity index (χ2v) is 10.7. The van der Waals surface area contributed by atoms with Gasteiger partial charge in [0.2, 0.25) is 11.8 Å². The highest BCUT2D eigenvalue weighted by Crippen LogP contribution is 2.46. The van der Waals surface area contributed by atoms with E-state index in [4.69, 9.17) is 11.6 Å². The van der Waals surface area contributed by atoms with Crippen molar-refractivity contribution in [3.8, 4) is 0 Å². The van der Waals surface area contributed by atoms with Crippen LogP contribution in [-0.2, 0) is 15.2 Å². The van der Waals surface area contributed by atoms with Gasteiger partial charge in [0.05, 0.1) is 11.6 Å². The summed E-state index contributed by atoms with van der Waals surface area (Å²) in [6.45, 7) is 8.67. The van der Waals surface area contributed by atoms with Gasteiger partial charge in [-0.25, -0.2) is 0 Å². The summed E-state index contributed by atoms with van der Waals surface area (Å²) in [7, 11) is 0. The smallest absolute Gasteiger partial charge is 0.245 e. The number of halogens is 1. The number of rotatable bonds is 5. The van der Waals surface area contributed by atoms with Gasteiger partial charge in [-0.2, -0.15) is 0 Å². The van der Waals surface area contributed by atoms with Crippen molar-refractivity contribution in [3.63, 3.8) is 0 Å². The SMILES string of the molecule is CC(C)[C@@H](NC(=O)[C@@H]1CSCN1)C(=O)N1CC[C@](O)(c2ccc(Cl)cc2)C(C)(C)C1. The average molecular weight is 454 g/mol. The molecule has 0 bridgehead atoms. The number of carbonyl (C=O) groups excluding carboxylic acids is 2. The Labute approximate surface area is 188 Å². The van der Waals surface area contributed by atoms with Crippen molar-refractivity contribution >= 4 is 35.2 Å². The van der Waals surface area contributed by atoms with Crippen LogP contribution >= 0.6 is 23.4 Å². The van der Waals surface area contributed by atoms with Crippen LogP contribution in [0.25, 0.3) is 0 Å². The van der Waals surface area contributed by atoms with E-state index in [0.29, 0.717) is 24.5 Å². The largest absolute Gasteiger partial charge is 0.384 e. The van der Waals surface area contributed by atoms with Gasteiger partial charge in [-0.1, -0.05) is 51.4 Å². The number of aliphatic hydroxyl groups is 1. The maximum absolute atomic E-state index is 13.4. The second-order valence-electron chi connectivity index (χ2n) is 9.26. The summed E-state index contributed by atoms with van der Waals surface area (Å²) in [6.07, 6.45) is 0.424. The Kier molecular flexibility index (Phi) is 7.07. The number of amides is 2. The third-order valence-electron chi connectivity index (χ3n) is 6.35. The molecule has 0 spiro atoms. The summed E-state index contributed by atoms with van der Waals surface area (Å²) in [6, 6.07) is 6.43. The minimum atomic E-state index is -1.06. The number of piperidine rings is 1. The van der Waals surface area contributed by atoms with Gasteiger partial charge >= 0.3 is 0 Å². The Morgan fingerprint density at radius 2 is 1.97 bits per heavy atom. The van der Waals surface area contributed by atoms with E-state index in [1.54, 1.807) is 28.8 Å². The molecule has 2 amide bonds. The molecule has 1 aromatic rings. The van der Waals surface area contributed by atoms with Gasteiger partial charge in [0.25, 0.3) is 0 Å². The number of carbonyl (C=O) groups is 2. The molecular formula is C22H32ClN3O3S. The predicted octanol–water partition coefficient (Wildman–Crippen LogP) is 2.59. The van der Waals surface area contributed by atoms with Gasteiger partial charge < -0.3 is 15.3 Å². The van der Waals surface area contributed by atoms with Crippen molar-refractivity contribution in [2.45, 2.75) is 51.8 Å². The molecule has 3 N–H and O–H groups in total. The van der Waals surface area contributed by atoms with Crippen LogP contribution in [0.3, 0.4) is 0 Å². The maximum atomic E-state index is 13.4. The van der Waals surface area contributed by atoms with E-state index in [-0.39, 0.29) is 23.8 Å². The molecule has 1 aromatic carbocycles. The quantitative estimate of drug-likeness (QED) is 0.638. The van der Waals surface area contributed by atoms with Crippen LogP contribution in [0.15, 0.2) is 24.3 Å². The molecule has 8 heteroatoms. The molecule has 2 heterocycles. The van der Waals surface area contributed by atoms with Gasteiger partial charge in [0.15, 0.2) is 0 Å². The van der Waals surface area contributed by atoms with E-state index in [2.05, 4.69) is 10.6 Å². The van der Waals surface area contributed by atoms with Crippen LogP contribution in [0.5, 0.6) is 0 Å². The van der Waals surface area contributed by atoms with Crippen molar-refractivity contribution in [2.24, 2.45) is 11.3 Å². The van der Waals surface area contributed by atoms with E-state index < -0.39 is 17.1 Å². The molecule has 2 saturated heterocycles. The highest BCUT2D eigenvalue weighted by atomic mass is 35.5. The predicted molar refractivity (Wildman–Crippen MR) is 121 cm³/mol. The van der Waals surface area contributed by atoms with Crippen molar-refractivity contribution in [3.05, 3.63) is 34.9 Å². The minimum absolute atomic E-state index is 0.0318. The minimum Gasteiger partial charge on any atom is -0.384 e. The number of hydrogen-bond donors (Lipinski definition) is 3. The van der Waals surface area contributed by atoms with Crippen LogP contribution in [-0.4, -0.2) is 58.6 Å². The first kappa shape index (κ1) is 23.4. The van der Waals surface area contributed by atoms with E-state index in [0.717, 1.165) is 17.2 Å². The Hall–Kier alpha value is -1.28. The lowest BCUT2D eigenvalue weighted by Gasteiger charge is -2.51. The molecule has 2 aliphatic rings. The molecule has 2 fully saturated rings. The third-order valence-corrected chi connectivity index (χ3v) is 7.54. The Bertz CT molecular complexity index is 780. The number of likely N-dealkylation sites (tertiary alicyclic amines) is 1. The zero-order valence-electron chi connectivity index (χ0n) is 18.1. The second kappa shape index (κ2) is 9.07. The lowest BCUT2D eigenvalue weighted by Crippen LogP contribution is -2.61. The fourth-order valence-corrected chi connectivity index (χ4v) is 5.37. The molecule has 2 aliphatic heterocycles. The summed E-state index contributed by atoms with van der Waals surface area (Å²) in [5, 5.41) is 18.3. The van der Waals surface area contributed by atoms with Crippen LogP contribution in [0.4, 0.5) is 0 Å². The number of benzene rings is 1. The van der Waals surface area contributed by atoms with E-state index in [1.807, 2.05) is 39.8 Å². The third kappa shape index (κ3) is 4.64. The van der Waals surface area contributed by atoms with Gasteiger partial charge in [-0.05, 0) is 30.0 Å². The monoisotopic (exact) mass is 453 g/mol. The topological polar surface area (TPSA) is 81.7 Å². The van der Waals surface area contributed by atoms with E-state index >= 15 is 0 Å². The molecule has 0 unspecified atom stereocenters. The first-order valence-electron chi connectivity index (χ1n) is 10.4. The highest BCUT2D eigenvalue weighted by molar-refractivity contribution is 7.99. The van der Waals surface area contributed by atoms with Crippen molar-refractivity contribution in [1.29, 1.82) is 0 Å². The molecule has 3 atom stereocenters. The van der Waals surface area contributed by atoms with Crippen LogP contribution < -0.4 is 10.6 Å². The Balaban J connectivity index is 1.73. The lowest BCUT2D eigenvalue weighted by molar-refractivity contribution is -0.156. The zero-order valence-corrected chi connectivity index (χ0v) is 19.6. The van der Waals surface area contributed by atoms with Crippen LogP contribution in [0.2, 0.25) is 5.02 Å². The summed E-state index contributed by atoms with van der Waals surface area (Å²) < 4.78 is 0. The fraction of sp³-hybridized carbons (Fsp3) is 0.636. The Morgan fingerprint density at radius 3 is 2.50 bits per heavy atom. The molecule has 166 valence electrons. The summed E-state index contributed by atoms with van der Waals surface area (Å²) in [5.74, 6) is 1.23. The highest BCUT2D eigenvalue weighted by Gasteiger charge is 2.50. The molecule has 6 nitrogen and oxygen atoms in total. The van der Waals surface area contributed by atoms with Crippen molar-refractivity contribution in [1.82, 2.24) is 15.5 Å². The Morgan fingerprint density at radius 1 is 1.30 bits per heavy atom. The molecular weight excluding hydrogens is 422 g/mol. The maximum Gasteiger partial charge on any atom is 0.245 e. The first-order valence-corrected chi connectivity index (χ1v) is 12.0. The van der Waals surface area contributed by atoms with Gasteiger partial charge in [0.1, 0.15) is 6.04 Å². The zero-order chi connectivity index (χ0) is 22.1. The van der Waals surface area contributed by atoms with E-state index in [9.17, 15) is 14.7 Å². The number of hydrogen-bond acceptors (Lipinski definition) is 5. The average Bonchev–Trinajstić information content (AvgIpc) is 3.22. The van der Waals surface area contributed by atoms with Crippen LogP contribution in [0.1, 0.15) is 39.7 Å². The van der Waals surface area contributed by atoms with Crippen molar-refractivity contribution in [2.75, 3.05) is 24.7 Å². The molecule has 0 radical (unpaired) electrons. The molecule has 30 heavy (non-hydrogen) atoms. The lowest BCUT2D eigenvalue weighted by atomic mass is 9.66. The summed E-state index contributed by atoms with van der Waals surface area (Å²) in [5.41, 5.74) is -0.817. The summed E-state index contributed by atoms with van der Waals surface area (Å²) >= 11 is 7.69. The molecule has 0 saturated carbocycles. The van der Waals surface area contributed by atoms with Crippen LogP contribution in [0, 0.1) is 11.3 Å². The van der Waals surface area contributed by atoms with Gasteiger partial charge in [-0.3, -0.25) is 14.9 Å². The number of nitrogens with one attached hydrogen (secondary N) is 2. The number of thioether (sulfide) groups is 1. The van der Waals surface area contributed by atoms with Gasteiger partial charge in [-0.15, -0.1) is 11.8 Å². The number of nitrogens with zero attached hydrogens (tertiary/aromatic N) is 1. The van der Waals surface area contributed by atoms with Crippen molar-refractivity contribution < 1.29 is 14.7 Å². The molecule has 0 aromatic heterocycles. The standard InChI is InChI=1S/C22H32ClN3O3S/c1-14(2)18(25-19(27)17-11-30-13-24-17)20(28)26-10-9-22(29,21(3,4)12-26)15-5-7-16(23)8-6-15/h5-8,14,17-18,24,29H,9-13H2,1-4H3,(H,25,27)/t17-,18+,22-/m0/s1. The fourth-order valence-electron chi connectivity index (χ4n) is 4.30. The first-order chi connectivity index (χ1) is 14.0. The molecule has 3 rings (SSSR count).